The Hall–Kier alpha value is -4.21. The normalized spacial score (nSPS) is 14.9. The van der Waals surface area contributed by atoms with Crippen molar-refractivity contribution in [3.05, 3.63) is 84.2 Å². The molecule has 5 aromatic rings. The number of aromatic amines is 2. The van der Waals surface area contributed by atoms with Crippen molar-refractivity contribution < 1.29 is 4.79 Å². The summed E-state index contributed by atoms with van der Waals surface area (Å²) >= 11 is 1.56. The lowest BCUT2D eigenvalue weighted by Gasteiger charge is -2.11. The smallest absolute Gasteiger partial charge is 0.256 e. The van der Waals surface area contributed by atoms with Crippen LogP contribution in [0.3, 0.4) is 0 Å². The SMILES string of the molecule is NC(CNc1ncc(-c2ccc3c(c2)NC(=O)C3=Cc2cnc[nH]2)s1)Cc1c[nH]c2ccccc12. The van der Waals surface area contributed by atoms with Crippen LogP contribution >= 0.6 is 11.3 Å². The van der Waals surface area contributed by atoms with Crippen molar-refractivity contribution in [2.75, 3.05) is 17.2 Å². The number of nitrogens with one attached hydrogen (secondary N) is 4. The van der Waals surface area contributed by atoms with E-state index < -0.39 is 0 Å². The lowest BCUT2D eigenvalue weighted by molar-refractivity contribution is -0.110. The van der Waals surface area contributed by atoms with E-state index in [2.05, 4.69) is 42.7 Å². The van der Waals surface area contributed by atoms with Gasteiger partial charge in [-0.25, -0.2) is 9.97 Å². The van der Waals surface area contributed by atoms with Gasteiger partial charge >= 0.3 is 0 Å². The van der Waals surface area contributed by atoms with E-state index in [0.29, 0.717) is 12.1 Å². The molecule has 1 amide bonds. The molecule has 174 valence electrons. The third-order valence-corrected chi connectivity index (χ3v) is 7.09. The summed E-state index contributed by atoms with van der Waals surface area (Å²) in [6.45, 7) is 0.620. The minimum Gasteiger partial charge on any atom is -0.361 e. The molecule has 1 unspecified atom stereocenters. The van der Waals surface area contributed by atoms with E-state index in [1.165, 1.54) is 10.9 Å². The zero-order valence-corrected chi connectivity index (χ0v) is 19.5. The Kier molecular flexibility index (Phi) is 5.40. The van der Waals surface area contributed by atoms with Crippen LogP contribution in [-0.4, -0.2) is 38.4 Å². The number of nitrogens with zero attached hydrogens (tertiary/aromatic N) is 2. The molecule has 4 heterocycles. The van der Waals surface area contributed by atoms with Crippen molar-refractivity contribution in [2.24, 2.45) is 5.73 Å². The lowest BCUT2D eigenvalue weighted by Crippen LogP contribution is -2.31. The number of hydrogen-bond donors (Lipinski definition) is 5. The van der Waals surface area contributed by atoms with E-state index in [1.807, 2.05) is 48.8 Å². The summed E-state index contributed by atoms with van der Waals surface area (Å²) in [5, 5.41) is 8.36. The standard InChI is InChI=1S/C26H23N7OS/c27-17(7-16-10-29-22-4-2-1-3-19(16)22)11-30-26-31-13-24(35-26)15-5-6-20-21(9-18-12-28-14-32-18)25(34)33-23(20)8-15/h1-6,8-10,12-14,17,29H,7,11,27H2,(H,28,32)(H,30,31)(H,33,34). The summed E-state index contributed by atoms with van der Waals surface area (Å²) in [5.74, 6) is -0.123. The number of nitrogens with two attached hydrogens (primary N) is 1. The second-order valence-electron chi connectivity index (χ2n) is 8.51. The summed E-state index contributed by atoms with van der Waals surface area (Å²) in [6.07, 6.45) is 9.74. The molecule has 0 radical (unpaired) electrons. The van der Waals surface area contributed by atoms with Gasteiger partial charge in [-0.15, -0.1) is 0 Å². The van der Waals surface area contributed by atoms with Crippen LogP contribution in [-0.2, 0) is 11.2 Å². The maximum atomic E-state index is 12.5. The van der Waals surface area contributed by atoms with Gasteiger partial charge in [0.2, 0.25) is 0 Å². The summed E-state index contributed by atoms with van der Waals surface area (Å²) in [6, 6.07) is 14.2. The number of carbonyl (C=O) groups is 1. The fraction of sp³-hybridized carbons (Fsp3) is 0.115. The van der Waals surface area contributed by atoms with Crippen molar-refractivity contribution in [1.82, 2.24) is 19.9 Å². The summed E-state index contributed by atoms with van der Waals surface area (Å²) in [4.78, 5) is 28.3. The number of fused-ring (bicyclic) bond motifs is 2. The monoisotopic (exact) mass is 481 g/mol. The molecular formula is C26H23N7OS. The molecular weight excluding hydrogens is 458 g/mol. The molecule has 0 bridgehead atoms. The molecule has 3 aromatic heterocycles. The van der Waals surface area contributed by atoms with E-state index in [1.54, 1.807) is 23.9 Å². The molecule has 2 aromatic carbocycles. The van der Waals surface area contributed by atoms with Gasteiger partial charge in [-0.2, -0.15) is 0 Å². The molecule has 0 aliphatic carbocycles. The van der Waals surface area contributed by atoms with Gasteiger partial charge in [-0.3, -0.25) is 4.79 Å². The van der Waals surface area contributed by atoms with E-state index >= 15 is 0 Å². The third-order valence-electron chi connectivity index (χ3n) is 6.08. The number of rotatable bonds is 7. The molecule has 1 aliphatic heterocycles. The molecule has 1 atom stereocenters. The van der Waals surface area contributed by atoms with E-state index in [4.69, 9.17) is 5.73 Å². The van der Waals surface area contributed by atoms with Crippen LogP contribution in [0.2, 0.25) is 0 Å². The predicted molar refractivity (Wildman–Crippen MR) is 141 cm³/mol. The van der Waals surface area contributed by atoms with Crippen LogP contribution < -0.4 is 16.4 Å². The van der Waals surface area contributed by atoms with Crippen LogP contribution in [0.15, 0.2) is 67.4 Å². The average molecular weight is 482 g/mol. The van der Waals surface area contributed by atoms with Crippen LogP contribution in [0, 0.1) is 0 Å². The predicted octanol–water partition coefficient (Wildman–Crippen LogP) is 4.49. The summed E-state index contributed by atoms with van der Waals surface area (Å²) in [5.41, 5.74) is 12.8. The first kappa shape index (κ1) is 21.3. The summed E-state index contributed by atoms with van der Waals surface area (Å²) < 4.78 is 0. The molecule has 9 heteroatoms. The Morgan fingerprint density at radius 3 is 2.94 bits per heavy atom. The molecule has 0 saturated carbocycles. The van der Waals surface area contributed by atoms with E-state index in [-0.39, 0.29) is 11.9 Å². The Morgan fingerprint density at radius 1 is 1.14 bits per heavy atom. The first-order valence-electron chi connectivity index (χ1n) is 11.3. The zero-order chi connectivity index (χ0) is 23.8. The second-order valence-corrected chi connectivity index (χ2v) is 9.54. The Morgan fingerprint density at radius 2 is 2.06 bits per heavy atom. The topological polar surface area (TPSA) is 125 Å². The number of benzene rings is 2. The van der Waals surface area contributed by atoms with E-state index in [0.717, 1.165) is 44.5 Å². The fourth-order valence-electron chi connectivity index (χ4n) is 4.35. The molecule has 6 rings (SSSR count). The minimum absolute atomic E-state index is 0.0446. The third kappa shape index (κ3) is 4.23. The molecule has 0 fully saturated rings. The van der Waals surface area contributed by atoms with Crippen LogP contribution in [0.5, 0.6) is 0 Å². The number of amides is 1. The Bertz CT molecular complexity index is 1550. The van der Waals surface area contributed by atoms with Gasteiger partial charge in [0.25, 0.3) is 5.91 Å². The molecule has 35 heavy (non-hydrogen) atoms. The lowest BCUT2D eigenvalue weighted by atomic mass is 10.0. The fourth-order valence-corrected chi connectivity index (χ4v) is 5.17. The highest BCUT2D eigenvalue weighted by molar-refractivity contribution is 7.18. The number of H-pyrrole nitrogens is 2. The summed E-state index contributed by atoms with van der Waals surface area (Å²) in [7, 11) is 0. The minimum atomic E-state index is -0.123. The van der Waals surface area contributed by atoms with Gasteiger partial charge in [0.05, 0.1) is 28.7 Å². The highest BCUT2D eigenvalue weighted by Gasteiger charge is 2.25. The molecule has 8 nitrogen and oxygen atoms in total. The van der Waals surface area contributed by atoms with Gasteiger partial charge < -0.3 is 26.3 Å². The second kappa shape index (κ2) is 8.86. The number of imidazole rings is 1. The first-order valence-corrected chi connectivity index (χ1v) is 12.1. The maximum Gasteiger partial charge on any atom is 0.256 e. The zero-order valence-electron chi connectivity index (χ0n) is 18.7. The number of para-hydroxylation sites is 1. The van der Waals surface area contributed by atoms with Gasteiger partial charge in [0.15, 0.2) is 5.13 Å². The number of anilines is 2. The Balaban J connectivity index is 1.13. The number of aromatic nitrogens is 4. The molecule has 0 spiro atoms. The first-order chi connectivity index (χ1) is 17.1. The number of thiazole rings is 1. The van der Waals surface area contributed by atoms with Crippen molar-refractivity contribution in [3.63, 3.8) is 0 Å². The van der Waals surface area contributed by atoms with Crippen LogP contribution in [0.1, 0.15) is 16.8 Å². The van der Waals surface area contributed by atoms with Crippen molar-refractivity contribution in [3.8, 4) is 10.4 Å². The highest BCUT2D eigenvalue weighted by Crippen LogP contribution is 2.38. The maximum absolute atomic E-state index is 12.5. The van der Waals surface area contributed by atoms with Gasteiger partial charge in [-0.1, -0.05) is 41.7 Å². The molecule has 1 aliphatic rings. The Labute approximate surface area is 205 Å². The van der Waals surface area contributed by atoms with Crippen molar-refractivity contribution in [1.29, 1.82) is 0 Å². The van der Waals surface area contributed by atoms with Gasteiger partial charge in [-0.05, 0) is 35.8 Å². The quantitative estimate of drug-likeness (QED) is 0.219. The average Bonchev–Trinajstić information content (AvgIpc) is 3.66. The number of carbonyl (C=O) groups excluding carboxylic acids is 1. The molecule has 0 saturated heterocycles. The van der Waals surface area contributed by atoms with E-state index in [9.17, 15) is 4.79 Å². The van der Waals surface area contributed by atoms with Crippen LogP contribution in [0.25, 0.3) is 33.0 Å². The van der Waals surface area contributed by atoms with Gasteiger partial charge in [0.1, 0.15) is 0 Å². The van der Waals surface area contributed by atoms with Crippen molar-refractivity contribution in [2.45, 2.75) is 12.5 Å². The highest BCUT2D eigenvalue weighted by atomic mass is 32.1. The largest absolute Gasteiger partial charge is 0.361 e. The number of hydrogen-bond acceptors (Lipinski definition) is 6. The van der Waals surface area contributed by atoms with Crippen LogP contribution in [0.4, 0.5) is 10.8 Å². The van der Waals surface area contributed by atoms with Gasteiger partial charge in [0, 0.05) is 47.1 Å². The molecule has 6 N–H and O–H groups in total. The van der Waals surface area contributed by atoms with Crippen molar-refractivity contribution >= 4 is 50.6 Å².